The van der Waals surface area contributed by atoms with Gasteiger partial charge in [-0.05, 0) is 20.8 Å². The molecule has 5 rings (SSSR count). The topological polar surface area (TPSA) is 91.1 Å². The molecule has 146 valence electrons. The average Bonchev–Trinajstić information content (AvgIpc) is 3.04. The SMILES string of the molecule is Cc1ncc(-c2nc(N3CCOCC3)c3nc4n(c3n2)CCC(C)(C)O4)cn1. The minimum atomic E-state index is -0.239. The molecule has 0 spiro atoms. The van der Waals surface area contributed by atoms with E-state index in [1.54, 1.807) is 12.4 Å². The first kappa shape index (κ1) is 17.3. The van der Waals surface area contributed by atoms with Crippen LogP contribution in [-0.4, -0.2) is 61.4 Å². The molecule has 2 aliphatic rings. The van der Waals surface area contributed by atoms with E-state index in [-0.39, 0.29) is 5.60 Å². The second-order valence-electron chi connectivity index (χ2n) is 7.82. The third-order valence-electron chi connectivity index (χ3n) is 5.20. The highest BCUT2D eigenvalue weighted by Gasteiger charge is 2.32. The first-order chi connectivity index (χ1) is 13.5. The zero-order chi connectivity index (χ0) is 19.3. The van der Waals surface area contributed by atoms with Gasteiger partial charge in [-0.2, -0.15) is 4.98 Å². The number of aromatic nitrogens is 6. The molecule has 9 nitrogen and oxygen atoms in total. The molecule has 0 atom stereocenters. The van der Waals surface area contributed by atoms with Gasteiger partial charge in [0.25, 0.3) is 6.01 Å². The van der Waals surface area contributed by atoms with Crippen molar-refractivity contribution >= 4 is 17.0 Å². The van der Waals surface area contributed by atoms with Crippen LogP contribution in [0.4, 0.5) is 5.82 Å². The molecule has 0 bridgehead atoms. The summed E-state index contributed by atoms with van der Waals surface area (Å²) < 4.78 is 13.7. The summed E-state index contributed by atoms with van der Waals surface area (Å²) in [6, 6.07) is 0.604. The van der Waals surface area contributed by atoms with E-state index in [0.29, 0.717) is 25.0 Å². The summed E-state index contributed by atoms with van der Waals surface area (Å²) in [7, 11) is 0. The second-order valence-corrected chi connectivity index (χ2v) is 7.82. The fraction of sp³-hybridized carbons (Fsp3) is 0.526. The zero-order valence-corrected chi connectivity index (χ0v) is 16.3. The third kappa shape index (κ3) is 2.95. The minimum Gasteiger partial charge on any atom is -0.459 e. The molecule has 1 saturated heterocycles. The van der Waals surface area contributed by atoms with Gasteiger partial charge in [0.1, 0.15) is 11.4 Å². The van der Waals surface area contributed by atoms with Crippen molar-refractivity contribution in [1.29, 1.82) is 0 Å². The van der Waals surface area contributed by atoms with Crippen LogP contribution in [0, 0.1) is 6.92 Å². The Hall–Kier alpha value is -2.81. The van der Waals surface area contributed by atoms with Crippen LogP contribution in [0.15, 0.2) is 12.4 Å². The van der Waals surface area contributed by atoms with Gasteiger partial charge >= 0.3 is 0 Å². The predicted molar refractivity (Wildman–Crippen MR) is 103 cm³/mol. The lowest BCUT2D eigenvalue weighted by Crippen LogP contribution is -2.37. The maximum absolute atomic E-state index is 6.12. The van der Waals surface area contributed by atoms with Crippen LogP contribution in [0.3, 0.4) is 0 Å². The van der Waals surface area contributed by atoms with E-state index in [0.717, 1.165) is 54.4 Å². The van der Waals surface area contributed by atoms with Crippen molar-refractivity contribution in [2.45, 2.75) is 39.3 Å². The standard InChI is InChI=1S/C19H23N7O2/c1-12-20-10-13(11-21-12)15-23-16(25-6-8-27-9-7-25)14-17(24-15)26-5-4-19(2,3)28-18(26)22-14/h10-11H,4-9H2,1-3H3. The van der Waals surface area contributed by atoms with Crippen LogP contribution < -0.4 is 9.64 Å². The molecule has 2 aliphatic heterocycles. The van der Waals surface area contributed by atoms with Crippen LogP contribution in [0.1, 0.15) is 26.1 Å². The van der Waals surface area contributed by atoms with Gasteiger partial charge in [0, 0.05) is 38.4 Å². The zero-order valence-electron chi connectivity index (χ0n) is 16.3. The number of hydrogen-bond acceptors (Lipinski definition) is 8. The molecule has 3 aromatic rings. The molecule has 0 N–H and O–H groups in total. The summed E-state index contributed by atoms with van der Waals surface area (Å²) in [6.45, 7) is 9.72. The Balaban J connectivity index is 1.70. The molecule has 5 heterocycles. The fourth-order valence-electron chi connectivity index (χ4n) is 3.56. The van der Waals surface area contributed by atoms with Gasteiger partial charge < -0.3 is 14.4 Å². The van der Waals surface area contributed by atoms with Crippen molar-refractivity contribution in [2.75, 3.05) is 31.2 Å². The van der Waals surface area contributed by atoms with E-state index in [1.807, 2.05) is 11.5 Å². The highest BCUT2D eigenvalue weighted by atomic mass is 16.5. The first-order valence-electron chi connectivity index (χ1n) is 9.59. The van der Waals surface area contributed by atoms with Crippen LogP contribution in [-0.2, 0) is 11.3 Å². The summed E-state index contributed by atoms with van der Waals surface area (Å²) in [5, 5.41) is 0. The van der Waals surface area contributed by atoms with Crippen molar-refractivity contribution in [1.82, 2.24) is 29.5 Å². The third-order valence-corrected chi connectivity index (χ3v) is 5.20. The van der Waals surface area contributed by atoms with Gasteiger partial charge in [0.15, 0.2) is 22.8 Å². The summed E-state index contributed by atoms with van der Waals surface area (Å²) in [6.07, 6.45) is 4.42. The predicted octanol–water partition coefficient (Wildman–Crippen LogP) is 1.99. The van der Waals surface area contributed by atoms with Crippen LogP contribution >= 0.6 is 0 Å². The molecule has 1 fully saturated rings. The largest absolute Gasteiger partial charge is 0.459 e. The molecular weight excluding hydrogens is 358 g/mol. The summed E-state index contributed by atoms with van der Waals surface area (Å²) in [5.74, 6) is 2.13. The van der Waals surface area contributed by atoms with Crippen molar-refractivity contribution in [3.8, 4) is 17.4 Å². The summed E-state index contributed by atoms with van der Waals surface area (Å²) in [5.41, 5.74) is 2.11. The fourth-order valence-corrected chi connectivity index (χ4v) is 3.56. The van der Waals surface area contributed by atoms with Crippen LogP contribution in [0.5, 0.6) is 6.01 Å². The maximum Gasteiger partial charge on any atom is 0.299 e. The smallest absolute Gasteiger partial charge is 0.299 e. The van der Waals surface area contributed by atoms with E-state index < -0.39 is 0 Å². The Morgan fingerprint density at radius 1 is 1.00 bits per heavy atom. The van der Waals surface area contributed by atoms with E-state index >= 15 is 0 Å². The number of hydrogen-bond donors (Lipinski definition) is 0. The number of imidazole rings is 1. The number of nitrogens with zero attached hydrogens (tertiary/aromatic N) is 7. The van der Waals surface area contributed by atoms with E-state index in [9.17, 15) is 0 Å². The average molecular weight is 381 g/mol. The molecule has 3 aromatic heterocycles. The Kier molecular flexibility index (Phi) is 3.94. The van der Waals surface area contributed by atoms with Gasteiger partial charge in [-0.1, -0.05) is 0 Å². The summed E-state index contributed by atoms with van der Waals surface area (Å²) in [4.78, 5) is 25.3. The van der Waals surface area contributed by atoms with Gasteiger partial charge in [0.2, 0.25) is 0 Å². The molecule has 0 aromatic carbocycles. The Morgan fingerprint density at radius 2 is 1.75 bits per heavy atom. The highest BCUT2D eigenvalue weighted by Crippen LogP contribution is 2.35. The van der Waals surface area contributed by atoms with Gasteiger partial charge in [-0.25, -0.2) is 19.9 Å². The molecule has 0 amide bonds. The number of morpholine rings is 1. The molecule has 0 radical (unpaired) electrons. The van der Waals surface area contributed by atoms with Gasteiger partial charge in [0.05, 0.1) is 18.8 Å². The number of rotatable bonds is 2. The van der Waals surface area contributed by atoms with Gasteiger partial charge in [-0.15, -0.1) is 0 Å². The normalized spacial score (nSPS) is 18.8. The highest BCUT2D eigenvalue weighted by molar-refractivity contribution is 5.86. The van der Waals surface area contributed by atoms with Crippen LogP contribution in [0.25, 0.3) is 22.6 Å². The van der Waals surface area contributed by atoms with E-state index in [4.69, 9.17) is 24.4 Å². The van der Waals surface area contributed by atoms with Gasteiger partial charge in [-0.3, -0.25) is 4.57 Å². The second kappa shape index (κ2) is 6.37. The van der Waals surface area contributed by atoms with Crippen LogP contribution in [0.2, 0.25) is 0 Å². The Labute approximate surface area is 162 Å². The molecule has 28 heavy (non-hydrogen) atoms. The van der Waals surface area contributed by atoms with E-state index in [1.165, 1.54) is 0 Å². The molecule has 0 aliphatic carbocycles. The number of ether oxygens (including phenoxy) is 2. The minimum absolute atomic E-state index is 0.239. The van der Waals surface area contributed by atoms with E-state index in [2.05, 4.69) is 28.7 Å². The molecular formula is C19H23N7O2. The number of aryl methyl sites for hydroxylation is 2. The van der Waals surface area contributed by atoms with Crippen molar-refractivity contribution in [3.63, 3.8) is 0 Å². The van der Waals surface area contributed by atoms with Crippen molar-refractivity contribution in [2.24, 2.45) is 0 Å². The Bertz CT molecular complexity index is 1020. The molecule has 9 heteroatoms. The molecule has 0 saturated carbocycles. The lowest BCUT2D eigenvalue weighted by Gasteiger charge is -2.30. The lowest BCUT2D eigenvalue weighted by molar-refractivity contribution is 0.0535. The Morgan fingerprint density at radius 3 is 2.50 bits per heavy atom. The quantitative estimate of drug-likeness (QED) is 0.666. The summed E-state index contributed by atoms with van der Waals surface area (Å²) >= 11 is 0. The van der Waals surface area contributed by atoms with Crippen molar-refractivity contribution in [3.05, 3.63) is 18.2 Å². The number of fused-ring (bicyclic) bond motifs is 3. The van der Waals surface area contributed by atoms with Crippen molar-refractivity contribution < 1.29 is 9.47 Å². The maximum atomic E-state index is 6.12. The first-order valence-corrected chi connectivity index (χ1v) is 9.59. The number of anilines is 1. The lowest BCUT2D eigenvalue weighted by atomic mass is 10.0. The molecule has 0 unspecified atom stereocenters. The monoisotopic (exact) mass is 381 g/mol.